The van der Waals surface area contributed by atoms with E-state index >= 15 is 0 Å². The van der Waals surface area contributed by atoms with Gasteiger partial charge in [0.1, 0.15) is 11.6 Å². The minimum Gasteiger partial charge on any atom is -0.378 e. The fraction of sp³-hybridized carbons (Fsp3) is 0.433. The molecule has 3 aromatic rings. The minimum atomic E-state index is 0.0273. The van der Waals surface area contributed by atoms with Crippen molar-refractivity contribution >= 4 is 46.5 Å². The predicted molar refractivity (Wildman–Crippen MR) is 162 cm³/mol. The molecule has 1 saturated heterocycles. The molecule has 39 heavy (non-hydrogen) atoms. The number of nitrogens with one attached hydrogen (secondary N) is 2. The summed E-state index contributed by atoms with van der Waals surface area (Å²) in [6, 6.07) is 19.0. The Morgan fingerprint density at radius 2 is 1.67 bits per heavy atom. The Hall–Kier alpha value is -2.94. The van der Waals surface area contributed by atoms with Crippen LogP contribution in [0.2, 0.25) is 5.02 Å². The maximum Gasteiger partial charge on any atom is 0.232 e. The zero-order chi connectivity index (χ0) is 26.7. The number of hydrogen-bond acceptors (Lipinski definition) is 6. The number of anilines is 3. The number of rotatable bonds is 6. The molecule has 3 aliphatic rings. The largest absolute Gasteiger partial charge is 0.378 e. The third-order valence-corrected chi connectivity index (χ3v) is 8.78. The molecule has 6 rings (SSSR count). The van der Waals surface area contributed by atoms with Crippen LogP contribution in [0.1, 0.15) is 42.4 Å². The molecular weight excluding hydrogens is 528 g/mol. The highest BCUT2D eigenvalue weighted by molar-refractivity contribution is 7.80. The van der Waals surface area contributed by atoms with Crippen LogP contribution in [0.4, 0.5) is 17.6 Å². The van der Waals surface area contributed by atoms with E-state index in [0.717, 1.165) is 68.6 Å². The number of morpholine rings is 1. The molecule has 2 aliphatic heterocycles. The van der Waals surface area contributed by atoms with Crippen molar-refractivity contribution in [2.24, 2.45) is 0 Å². The molecule has 0 unspecified atom stereocenters. The van der Waals surface area contributed by atoms with Crippen LogP contribution in [0, 0.1) is 0 Å². The van der Waals surface area contributed by atoms with Crippen molar-refractivity contribution < 1.29 is 4.74 Å². The third-order valence-electron chi connectivity index (χ3n) is 8.30. The van der Waals surface area contributed by atoms with E-state index < -0.39 is 0 Å². The van der Waals surface area contributed by atoms with Crippen LogP contribution in [0.15, 0.2) is 54.6 Å². The van der Waals surface area contributed by atoms with Crippen LogP contribution in [0.5, 0.6) is 0 Å². The summed E-state index contributed by atoms with van der Waals surface area (Å²) in [7, 11) is 0. The van der Waals surface area contributed by atoms with Crippen molar-refractivity contribution in [2.75, 3.05) is 54.5 Å². The van der Waals surface area contributed by atoms with E-state index in [9.17, 15) is 0 Å². The Balaban J connectivity index is 1.21. The molecule has 9 heteroatoms. The topological polar surface area (TPSA) is 65.6 Å². The van der Waals surface area contributed by atoms with E-state index in [1.165, 1.54) is 29.5 Å². The maximum absolute atomic E-state index is 6.35. The van der Waals surface area contributed by atoms with Gasteiger partial charge in [-0.1, -0.05) is 60.8 Å². The number of aromatic nitrogens is 2. The maximum atomic E-state index is 6.35. The zero-order valence-electron chi connectivity index (χ0n) is 22.2. The lowest BCUT2D eigenvalue weighted by atomic mass is 9.79. The van der Waals surface area contributed by atoms with Crippen LogP contribution in [0.3, 0.4) is 0 Å². The number of fused-ring (bicyclic) bond motifs is 1. The van der Waals surface area contributed by atoms with Crippen molar-refractivity contribution in [1.29, 1.82) is 0 Å². The molecule has 7 nitrogen and oxygen atoms in total. The lowest BCUT2D eigenvalue weighted by Crippen LogP contribution is -2.41. The molecule has 0 amide bonds. The molecule has 204 valence electrons. The van der Waals surface area contributed by atoms with Crippen LogP contribution in [-0.4, -0.2) is 54.5 Å². The van der Waals surface area contributed by atoms with Gasteiger partial charge < -0.3 is 25.2 Å². The highest BCUT2D eigenvalue weighted by Gasteiger charge is 2.36. The van der Waals surface area contributed by atoms with E-state index in [2.05, 4.69) is 62.9 Å². The lowest BCUT2D eigenvalue weighted by Gasteiger charge is -2.32. The van der Waals surface area contributed by atoms with Gasteiger partial charge in [-0.25, -0.2) is 0 Å². The molecule has 3 heterocycles. The van der Waals surface area contributed by atoms with Gasteiger partial charge in [0.15, 0.2) is 5.11 Å². The highest BCUT2D eigenvalue weighted by Crippen LogP contribution is 2.41. The standard InChI is InChI=1S/C30H35ClN6OS/c31-25-9-5-8-24(18-25)30(11-3-4-12-30)21-32-29(39)35-28-33-26(36-14-16-38-17-15-36)19-27(34-28)37-13-10-22-6-1-2-7-23(22)20-37/h1-2,5-9,18-19H,3-4,10-17,20-21H2,(H2,32,33,34,35,39). The third kappa shape index (κ3) is 5.98. The first-order valence-electron chi connectivity index (χ1n) is 13.9. The summed E-state index contributed by atoms with van der Waals surface area (Å²) in [5.41, 5.74) is 4.07. The number of ether oxygens (including phenoxy) is 1. The zero-order valence-corrected chi connectivity index (χ0v) is 23.7. The molecule has 2 aromatic carbocycles. The van der Waals surface area contributed by atoms with Crippen LogP contribution >= 0.6 is 23.8 Å². The summed E-state index contributed by atoms with van der Waals surface area (Å²) in [6.45, 7) is 5.52. The van der Waals surface area contributed by atoms with E-state index in [1.54, 1.807) is 0 Å². The first-order valence-corrected chi connectivity index (χ1v) is 14.7. The van der Waals surface area contributed by atoms with Gasteiger partial charge in [0.25, 0.3) is 0 Å². The molecule has 0 atom stereocenters. The van der Waals surface area contributed by atoms with Gasteiger partial charge in [0, 0.05) is 49.2 Å². The van der Waals surface area contributed by atoms with Gasteiger partial charge in [-0.3, -0.25) is 0 Å². The molecule has 1 aliphatic carbocycles. The fourth-order valence-electron chi connectivity index (χ4n) is 6.12. The summed E-state index contributed by atoms with van der Waals surface area (Å²) < 4.78 is 5.59. The second-order valence-corrected chi connectivity index (χ2v) is 11.6. The molecule has 2 N–H and O–H groups in total. The van der Waals surface area contributed by atoms with Crippen molar-refractivity contribution in [2.45, 2.75) is 44.1 Å². The lowest BCUT2D eigenvalue weighted by molar-refractivity contribution is 0.122. The average molecular weight is 563 g/mol. The number of hydrogen-bond donors (Lipinski definition) is 2. The van der Waals surface area contributed by atoms with E-state index in [-0.39, 0.29) is 5.41 Å². The van der Waals surface area contributed by atoms with Gasteiger partial charge in [-0.15, -0.1) is 0 Å². The Morgan fingerprint density at radius 3 is 2.44 bits per heavy atom. The summed E-state index contributed by atoms with van der Waals surface area (Å²) in [5, 5.41) is 8.12. The molecule has 1 aromatic heterocycles. The van der Waals surface area contributed by atoms with E-state index in [4.69, 9.17) is 38.5 Å². The Labute approximate surface area is 240 Å². The van der Waals surface area contributed by atoms with Gasteiger partial charge >= 0.3 is 0 Å². The molecule has 1 saturated carbocycles. The van der Waals surface area contributed by atoms with Crippen molar-refractivity contribution in [3.63, 3.8) is 0 Å². The Bertz CT molecular complexity index is 1320. The monoisotopic (exact) mass is 562 g/mol. The van der Waals surface area contributed by atoms with Gasteiger partial charge in [0.2, 0.25) is 5.95 Å². The fourth-order valence-corrected chi connectivity index (χ4v) is 6.47. The Morgan fingerprint density at radius 1 is 0.923 bits per heavy atom. The van der Waals surface area contributed by atoms with Gasteiger partial charge in [-0.2, -0.15) is 9.97 Å². The molecular formula is C30H35ClN6OS. The second-order valence-electron chi connectivity index (χ2n) is 10.8. The smallest absolute Gasteiger partial charge is 0.232 e. The number of benzene rings is 2. The number of thiocarbonyl (C=S) groups is 1. The number of nitrogens with zero attached hydrogens (tertiary/aromatic N) is 4. The van der Waals surface area contributed by atoms with Crippen molar-refractivity contribution in [1.82, 2.24) is 15.3 Å². The van der Waals surface area contributed by atoms with Crippen molar-refractivity contribution in [3.05, 3.63) is 76.3 Å². The normalized spacial score (nSPS) is 18.5. The minimum absolute atomic E-state index is 0.0273. The summed E-state index contributed by atoms with van der Waals surface area (Å²) in [6.07, 6.45) is 5.66. The quantitative estimate of drug-likeness (QED) is 0.391. The van der Waals surface area contributed by atoms with Crippen molar-refractivity contribution in [3.8, 4) is 0 Å². The Kier molecular flexibility index (Phi) is 7.86. The van der Waals surface area contributed by atoms with Crippen LogP contribution in [-0.2, 0) is 23.1 Å². The van der Waals surface area contributed by atoms with Gasteiger partial charge in [-0.05, 0) is 60.3 Å². The molecule has 0 spiro atoms. The first kappa shape index (κ1) is 26.3. The molecule has 0 bridgehead atoms. The SMILES string of the molecule is S=C(NCC1(c2cccc(Cl)c2)CCCC1)Nc1nc(N2CCOCC2)cc(N2CCc3ccccc3C2)n1. The molecule has 2 fully saturated rings. The summed E-state index contributed by atoms with van der Waals surface area (Å²) >= 11 is 12.1. The highest BCUT2D eigenvalue weighted by atomic mass is 35.5. The summed E-state index contributed by atoms with van der Waals surface area (Å²) in [4.78, 5) is 14.4. The van der Waals surface area contributed by atoms with Crippen LogP contribution in [0.25, 0.3) is 0 Å². The first-order chi connectivity index (χ1) is 19.1. The van der Waals surface area contributed by atoms with Gasteiger partial charge in [0.05, 0.1) is 13.2 Å². The second kappa shape index (κ2) is 11.7. The van der Waals surface area contributed by atoms with E-state index in [0.29, 0.717) is 24.3 Å². The van der Waals surface area contributed by atoms with Crippen LogP contribution < -0.4 is 20.4 Å². The summed E-state index contributed by atoms with van der Waals surface area (Å²) in [5.74, 6) is 2.34. The number of halogens is 1. The predicted octanol–water partition coefficient (Wildman–Crippen LogP) is 5.33. The average Bonchev–Trinajstić information content (AvgIpc) is 3.46. The molecule has 0 radical (unpaired) electrons. The van der Waals surface area contributed by atoms with E-state index in [1.807, 2.05) is 12.1 Å².